The van der Waals surface area contributed by atoms with E-state index in [1.54, 1.807) is 6.20 Å². The van der Waals surface area contributed by atoms with Gasteiger partial charge in [0.2, 0.25) is 0 Å². The Bertz CT molecular complexity index is 706. The minimum Gasteiger partial charge on any atom is -0.324 e. The van der Waals surface area contributed by atoms with E-state index in [2.05, 4.69) is 16.0 Å². The fourth-order valence-electron chi connectivity index (χ4n) is 2.20. The Morgan fingerprint density at radius 3 is 2.58 bits per heavy atom. The molecular formula is C16H15N3. The minimum absolute atomic E-state index is 0.0627. The monoisotopic (exact) mass is 249 g/mol. The summed E-state index contributed by atoms with van der Waals surface area (Å²) >= 11 is 0. The number of hydrogen-bond donors (Lipinski definition) is 1. The Morgan fingerprint density at radius 1 is 1.05 bits per heavy atom. The van der Waals surface area contributed by atoms with E-state index in [9.17, 15) is 0 Å². The Labute approximate surface area is 112 Å². The van der Waals surface area contributed by atoms with Crippen LogP contribution in [-0.2, 0) is 0 Å². The summed E-state index contributed by atoms with van der Waals surface area (Å²) in [6, 6.07) is 16.0. The lowest BCUT2D eigenvalue weighted by Gasteiger charge is -2.13. The van der Waals surface area contributed by atoms with Crippen molar-refractivity contribution in [1.29, 1.82) is 0 Å². The van der Waals surface area contributed by atoms with Crippen molar-refractivity contribution in [3.8, 4) is 11.3 Å². The van der Waals surface area contributed by atoms with Crippen LogP contribution in [0.15, 0.2) is 54.7 Å². The Kier molecular flexibility index (Phi) is 2.97. The maximum Gasteiger partial charge on any atom is 0.159 e. The van der Waals surface area contributed by atoms with Gasteiger partial charge in [-0.25, -0.2) is 9.97 Å². The summed E-state index contributed by atoms with van der Waals surface area (Å²) in [6.45, 7) is 1.98. The number of fused-ring (bicyclic) bond motifs is 1. The minimum atomic E-state index is -0.0627. The number of nitrogens with two attached hydrogens (primary N) is 1. The zero-order valence-corrected chi connectivity index (χ0v) is 10.7. The standard InChI is InChI=1S/C16H15N3/c1-11(17)14-10-13-8-5-9-18-16(13)19-15(14)12-6-3-2-4-7-12/h2-11H,17H2,1H3/t11-/m0/s1. The molecule has 0 fully saturated rings. The van der Waals surface area contributed by atoms with Crippen LogP contribution in [0, 0.1) is 0 Å². The van der Waals surface area contributed by atoms with Gasteiger partial charge in [0.05, 0.1) is 5.69 Å². The van der Waals surface area contributed by atoms with Crippen LogP contribution in [0.2, 0.25) is 0 Å². The van der Waals surface area contributed by atoms with Crippen LogP contribution in [0.1, 0.15) is 18.5 Å². The quantitative estimate of drug-likeness (QED) is 0.758. The van der Waals surface area contributed by atoms with E-state index in [0.717, 1.165) is 27.9 Å². The number of pyridine rings is 2. The number of aromatic nitrogens is 2. The van der Waals surface area contributed by atoms with E-state index < -0.39 is 0 Å². The first-order chi connectivity index (χ1) is 9.25. The number of hydrogen-bond acceptors (Lipinski definition) is 3. The third-order valence-corrected chi connectivity index (χ3v) is 3.16. The van der Waals surface area contributed by atoms with E-state index in [1.807, 2.05) is 49.4 Å². The topological polar surface area (TPSA) is 51.8 Å². The van der Waals surface area contributed by atoms with Gasteiger partial charge in [0.1, 0.15) is 0 Å². The Balaban J connectivity index is 2.30. The van der Waals surface area contributed by atoms with Crippen LogP contribution in [-0.4, -0.2) is 9.97 Å². The molecule has 0 spiro atoms. The largest absolute Gasteiger partial charge is 0.324 e. The molecule has 94 valence electrons. The van der Waals surface area contributed by atoms with Crippen molar-refractivity contribution in [3.05, 3.63) is 60.3 Å². The van der Waals surface area contributed by atoms with E-state index >= 15 is 0 Å². The van der Waals surface area contributed by atoms with Crippen LogP contribution < -0.4 is 5.73 Å². The van der Waals surface area contributed by atoms with E-state index in [-0.39, 0.29) is 6.04 Å². The lowest BCUT2D eigenvalue weighted by molar-refractivity contribution is 0.817. The van der Waals surface area contributed by atoms with Gasteiger partial charge in [-0.2, -0.15) is 0 Å². The smallest absolute Gasteiger partial charge is 0.159 e. The maximum atomic E-state index is 6.08. The van der Waals surface area contributed by atoms with Crippen molar-refractivity contribution in [1.82, 2.24) is 9.97 Å². The molecule has 0 saturated carbocycles. The van der Waals surface area contributed by atoms with Gasteiger partial charge >= 0.3 is 0 Å². The molecule has 2 heterocycles. The molecule has 2 N–H and O–H groups in total. The molecule has 0 unspecified atom stereocenters. The first-order valence-corrected chi connectivity index (χ1v) is 6.32. The summed E-state index contributed by atoms with van der Waals surface area (Å²) in [5.41, 5.74) is 9.88. The summed E-state index contributed by atoms with van der Waals surface area (Å²) in [5.74, 6) is 0. The molecule has 0 saturated heterocycles. The zero-order chi connectivity index (χ0) is 13.2. The number of nitrogens with zero attached hydrogens (tertiary/aromatic N) is 2. The highest BCUT2D eigenvalue weighted by Crippen LogP contribution is 2.28. The van der Waals surface area contributed by atoms with Gasteiger partial charge in [-0.1, -0.05) is 30.3 Å². The van der Waals surface area contributed by atoms with Gasteiger partial charge in [0.15, 0.2) is 5.65 Å². The second-order valence-electron chi connectivity index (χ2n) is 4.63. The van der Waals surface area contributed by atoms with Crippen molar-refractivity contribution in [2.45, 2.75) is 13.0 Å². The van der Waals surface area contributed by atoms with Crippen molar-refractivity contribution in [2.24, 2.45) is 5.73 Å². The molecule has 3 nitrogen and oxygen atoms in total. The molecule has 2 aromatic heterocycles. The lowest BCUT2D eigenvalue weighted by Crippen LogP contribution is -2.08. The van der Waals surface area contributed by atoms with E-state index in [1.165, 1.54) is 0 Å². The van der Waals surface area contributed by atoms with Crippen molar-refractivity contribution < 1.29 is 0 Å². The molecule has 1 atom stereocenters. The first-order valence-electron chi connectivity index (χ1n) is 6.32. The van der Waals surface area contributed by atoms with Gasteiger partial charge < -0.3 is 5.73 Å². The molecule has 0 bridgehead atoms. The van der Waals surface area contributed by atoms with E-state index in [4.69, 9.17) is 5.73 Å². The van der Waals surface area contributed by atoms with Crippen LogP contribution in [0.3, 0.4) is 0 Å². The van der Waals surface area contributed by atoms with Crippen molar-refractivity contribution in [2.75, 3.05) is 0 Å². The molecule has 3 rings (SSSR count). The van der Waals surface area contributed by atoms with Gasteiger partial charge in [-0.05, 0) is 30.7 Å². The van der Waals surface area contributed by atoms with Crippen LogP contribution in [0.25, 0.3) is 22.3 Å². The normalized spacial score (nSPS) is 12.5. The second kappa shape index (κ2) is 4.78. The third-order valence-electron chi connectivity index (χ3n) is 3.16. The molecule has 0 aliphatic heterocycles. The summed E-state index contributed by atoms with van der Waals surface area (Å²) in [7, 11) is 0. The first kappa shape index (κ1) is 11.8. The Morgan fingerprint density at radius 2 is 1.84 bits per heavy atom. The van der Waals surface area contributed by atoms with Crippen LogP contribution in [0.5, 0.6) is 0 Å². The predicted octanol–water partition coefficient (Wildman–Crippen LogP) is 3.32. The van der Waals surface area contributed by atoms with Crippen LogP contribution in [0.4, 0.5) is 0 Å². The maximum absolute atomic E-state index is 6.08. The highest BCUT2D eigenvalue weighted by atomic mass is 14.8. The fraction of sp³-hybridized carbons (Fsp3) is 0.125. The zero-order valence-electron chi connectivity index (χ0n) is 10.7. The molecule has 3 heteroatoms. The van der Waals surface area contributed by atoms with Gasteiger partial charge in [-0.3, -0.25) is 0 Å². The molecule has 19 heavy (non-hydrogen) atoms. The average molecular weight is 249 g/mol. The number of rotatable bonds is 2. The molecule has 3 aromatic rings. The van der Waals surface area contributed by atoms with Gasteiger partial charge in [0, 0.05) is 23.2 Å². The predicted molar refractivity (Wildman–Crippen MR) is 77.6 cm³/mol. The summed E-state index contributed by atoms with van der Waals surface area (Å²) in [5, 5.41) is 1.02. The van der Waals surface area contributed by atoms with Crippen LogP contribution >= 0.6 is 0 Å². The summed E-state index contributed by atoms with van der Waals surface area (Å²) < 4.78 is 0. The van der Waals surface area contributed by atoms with E-state index in [0.29, 0.717) is 0 Å². The molecule has 0 amide bonds. The van der Waals surface area contributed by atoms with Gasteiger partial charge in [0.25, 0.3) is 0 Å². The molecule has 0 radical (unpaired) electrons. The summed E-state index contributed by atoms with van der Waals surface area (Å²) in [4.78, 5) is 8.99. The highest BCUT2D eigenvalue weighted by molar-refractivity contribution is 5.80. The van der Waals surface area contributed by atoms with Gasteiger partial charge in [-0.15, -0.1) is 0 Å². The molecule has 1 aromatic carbocycles. The van der Waals surface area contributed by atoms with Crippen molar-refractivity contribution in [3.63, 3.8) is 0 Å². The highest BCUT2D eigenvalue weighted by Gasteiger charge is 2.12. The summed E-state index contributed by atoms with van der Waals surface area (Å²) in [6.07, 6.45) is 1.76. The second-order valence-corrected chi connectivity index (χ2v) is 4.63. The van der Waals surface area contributed by atoms with Crippen molar-refractivity contribution >= 4 is 11.0 Å². The lowest BCUT2D eigenvalue weighted by atomic mass is 10.00. The molecule has 0 aliphatic rings. The average Bonchev–Trinajstić information content (AvgIpc) is 2.46. The third kappa shape index (κ3) is 2.20. The number of benzene rings is 1. The fourth-order valence-corrected chi connectivity index (χ4v) is 2.20. The molecular weight excluding hydrogens is 234 g/mol. The Hall–Kier alpha value is -2.26. The molecule has 0 aliphatic carbocycles. The SMILES string of the molecule is C[C@H](N)c1cc2cccnc2nc1-c1ccccc1.